The molecule has 5 rings (SSSR count). The molecule has 0 spiro atoms. The molecule has 158 valence electrons. The van der Waals surface area contributed by atoms with Gasteiger partial charge >= 0.3 is 16.3 Å². The lowest BCUT2D eigenvalue weighted by Gasteiger charge is -2.33. The number of rotatable bonds is 4. The van der Waals surface area contributed by atoms with E-state index in [9.17, 15) is 13.2 Å². The van der Waals surface area contributed by atoms with Crippen LogP contribution < -0.4 is 4.18 Å². The van der Waals surface area contributed by atoms with Crippen LogP contribution in [-0.2, 0) is 26.4 Å². The molecule has 6 nitrogen and oxygen atoms in total. The fourth-order valence-corrected chi connectivity index (χ4v) is 6.05. The third kappa shape index (κ3) is 3.64. The van der Waals surface area contributed by atoms with E-state index >= 15 is 0 Å². The van der Waals surface area contributed by atoms with Gasteiger partial charge in [-0.15, -0.1) is 4.31 Å². The Bertz CT molecular complexity index is 1260. The number of esters is 1. The first-order chi connectivity index (χ1) is 14.9. The van der Waals surface area contributed by atoms with Crippen LogP contribution in [0.1, 0.15) is 40.8 Å². The summed E-state index contributed by atoms with van der Waals surface area (Å²) in [6, 6.07) is 20.8. The zero-order valence-corrected chi connectivity index (χ0v) is 18.7. The number of halogens is 1. The van der Waals surface area contributed by atoms with Gasteiger partial charge in [-0.1, -0.05) is 70.5 Å². The molecule has 0 saturated carbocycles. The molecule has 0 fully saturated rings. The van der Waals surface area contributed by atoms with Crippen LogP contribution in [0.15, 0.2) is 77.3 Å². The Morgan fingerprint density at radius 1 is 0.968 bits per heavy atom. The van der Waals surface area contributed by atoms with E-state index in [-0.39, 0.29) is 13.0 Å². The van der Waals surface area contributed by atoms with E-state index in [1.54, 1.807) is 12.1 Å². The molecule has 0 amide bonds. The summed E-state index contributed by atoms with van der Waals surface area (Å²) in [5.74, 6) is -0.167. The largest absolute Gasteiger partial charge is 0.461 e. The summed E-state index contributed by atoms with van der Waals surface area (Å²) < 4.78 is 39.1. The molecule has 0 aliphatic carbocycles. The lowest BCUT2D eigenvalue weighted by Crippen LogP contribution is -2.40. The summed E-state index contributed by atoms with van der Waals surface area (Å²) >= 11 is 3.48. The van der Waals surface area contributed by atoms with Gasteiger partial charge in [-0.05, 0) is 34.9 Å². The molecule has 0 aromatic heterocycles. The van der Waals surface area contributed by atoms with Crippen LogP contribution in [0.3, 0.4) is 0 Å². The molecule has 0 saturated heterocycles. The van der Waals surface area contributed by atoms with Crippen LogP contribution in [0.2, 0.25) is 0 Å². The second kappa shape index (κ2) is 7.78. The van der Waals surface area contributed by atoms with Gasteiger partial charge in [-0.25, -0.2) is 0 Å². The van der Waals surface area contributed by atoms with Crippen LogP contribution in [0.5, 0.6) is 5.75 Å². The number of nitrogens with zero attached hydrogens (tertiary/aromatic N) is 1. The van der Waals surface area contributed by atoms with E-state index in [2.05, 4.69) is 15.9 Å². The van der Waals surface area contributed by atoms with Gasteiger partial charge in [0.25, 0.3) is 0 Å². The highest BCUT2D eigenvalue weighted by atomic mass is 79.9. The standard InChI is InChI=1S/C23H18BrNO5S/c24-16-10-11-17-19(12-16)23-18-8-4-5-9-21(18)30-31(27,28)25(23)20(17)13-22(26)29-14-15-6-2-1-3-7-15/h1-12,20,23H,13-14H2/t20-,23-/m0/s1. The van der Waals surface area contributed by atoms with E-state index in [4.69, 9.17) is 8.92 Å². The molecule has 0 N–H and O–H groups in total. The predicted octanol–water partition coefficient (Wildman–Crippen LogP) is 4.67. The van der Waals surface area contributed by atoms with Gasteiger partial charge in [0.15, 0.2) is 0 Å². The number of ether oxygens (including phenoxy) is 1. The van der Waals surface area contributed by atoms with Gasteiger partial charge in [-0.3, -0.25) is 4.79 Å². The first-order valence-corrected chi connectivity index (χ1v) is 11.9. The summed E-state index contributed by atoms with van der Waals surface area (Å²) in [6.45, 7) is 0.134. The Morgan fingerprint density at radius 3 is 2.52 bits per heavy atom. The van der Waals surface area contributed by atoms with Crippen molar-refractivity contribution < 1.29 is 22.1 Å². The Morgan fingerprint density at radius 2 is 1.71 bits per heavy atom. The van der Waals surface area contributed by atoms with Crippen molar-refractivity contribution in [3.05, 3.63) is 99.5 Å². The smallest absolute Gasteiger partial charge is 0.386 e. The molecule has 2 heterocycles. The Balaban J connectivity index is 1.50. The van der Waals surface area contributed by atoms with Gasteiger partial charge < -0.3 is 8.92 Å². The van der Waals surface area contributed by atoms with Gasteiger partial charge in [0.2, 0.25) is 0 Å². The molecule has 3 aromatic carbocycles. The molecule has 2 aliphatic rings. The topological polar surface area (TPSA) is 72.9 Å². The highest BCUT2D eigenvalue weighted by Crippen LogP contribution is 2.53. The molecule has 3 aromatic rings. The molecule has 8 heteroatoms. The van der Waals surface area contributed by atoms with Crippen LogP contribution >= 0.6 is 15.9 Å². The van der Waals surface area contributed by atoms with Gasteiger partial charge in [0.05, 0.1) is 18.5 Å². The Kier molecular flexibility index (Phi) is 5.08. The maximum absolute atomic E-state index is 13.1. The van der Waals surface area contributed by atoms with Crippen LogP contribution in [0.4, 0.5) is 0 Å². The lowest BCUT2D eigenvalue weighted by molar-refractivity contribution is -0.146. The van der Waals surface area contributed by atoms with Gasteiger partial charge in [-0.2, -0.15) is 8.42 Å². The zero-order chi connectivity index (χ0) is 21.6. The van der Waals surface area contributed by atoms with Crippen molar-refractivity contribution in [1.82, 2.24) is 4.31 Å². The quantitative estimate of drug-likeness (QED) is 0.487. The van der Waals surface area contributed by atoms with E-state index in [0.717, 1.165) is 26.7 Å². The predicted molar refractivity (Wildman–Crippen MR) is 117 cm³/mol. The zero-order valence-electron chi connectivity index (χ0n) is 16.3. The molecule has 0 radical (unpaired) electrons. The molecule has 31 heavy (non-hydrogen) atoms. The summed E-state index contributed by atoms with van der Waals surface area (Å²) in [7, 11) is -4.11. The Labute approximate surface area is 188 Å². The highest BCUT2D eigenvalue weighted by Gasteiger charge is 2.51. The molecule has 0 bridgehead atoms. The van der Waals surface area contributed by atoms with Crippen LogP contribution in [0.25, 0.3) is 0 Å². The molecule has 0 unspecified atom stereocenters. The van der Waals surface area contributed by atoms with E-state index in [1.165, 1.54) is 4.31 Å². The minimum atomic E-state index is -4.11. The van der Waals surface area contributed by atoms with Crippen molar-refractivity contribution in [2.24, 2.45) is 0 Å². The molecular weight excluding hydrogens is 482 g/mol. The van der Waals surface area contributed by atoms with Crippen molar-refractivity contribution in [2.45, 2.75) is 25.1 Å². The van der Waals surface area contributed by atoms with E-state index < -0.39 is 28.4 Å². The minimum Gasteiger partial charge on any atom is -0.461 e. The highest BCUT2D eigenvalue weighted by molar-refractivity contribution is 9.10. The molecule has 2 atom stereocenters. The summed E-state index contributed by atoms with van der Waals surface area (Å²) in [6.07, 6.45) is -0.108. The second-order valence-electron chi connectivity index (χ2n) is 7.45. The number of hydrogen-bond acceptors (Lipinski definition) is 5. The average molecular weight is 500 g/mol. The molecular formula is C23H18BrNO5S. The average Bonchev–Trinajstić information content (AvgIpc) is 3.07. The van der Waals surface area contributed by atoms with Crippen molar-refractivity contribution in [1.29, 1.82) is 0 Å². The number of carbonyl (C=O) groups is 1. The maximum Gasteiger partial charge on any atom is 0.386 e. The fourth-order valence-electron chi connectivity index (χ4n) is 4.22. The van der Waals surface area contributed by atoms with Crippen molar-refractivity contribution >= 4 is 32.2 Å². The SMILES string of the molecule is O=C(C[C@H]1c2ccc(Br)cc2[C@@H]2c3ccccc3OS(=O)(=O)N21)OCc1ccccc1. The first kappa shape index (κ1) is 20.2. The third-order valence-corrected chi connectivity index (χ3v) is 7.40. The maximum atomic E-state index is 13.1. The number of hydrogen-bond donors (Lipinski definition) is 0. The number of carbonyl (C=O) groups excluding carboxylic acids is 1. The fraction of sp³-hybridized carbons (Fsp3) is 0.174. The minimum absolute atomic E-state index is 0.108. The van der Waals surface area contributed by atoms with Crippen LogP contribution in [-0.4, -0.2) is 18.7 Å². The number of fused-ring (bicyclic) bond motifs is 5. The second-order valence-corrected chi connectivity index (χ2v) is 9.81. The third-order valence-electron chi connectivity index (χ3n) is 5.53. The summed E-state index contributed by atoms with van der Waals surface area (Å²) in [5, 5.41) is 0. The molecule has 2 aliphatic heterocycles. The van der Waals surface area contributed by atoms with Gasteiger partial charge in [0, 0.05) is 10.0 Å². The number of para-hydroxylation sites is 1. The van der Waals surface area contributed by atoms with Crippen molar-refractivity contribution in [3.8, 4) is 5.75 Å². The van der Waals surface area contributed by atoms with Crippen molar-refractivity contribution in [3.63, 3.8) is 0 Å². The monoisotopic (exact) mass is 499 g/mol. The normalized spacial score (nSPS) is 20.8. The Hall–Kier alpha value is -2.68. The first-order valence-electron chi connectivity index (χ1n) is 9.75. The summed E-state index contributed by atoms with van der Waals surface area (Å²) in [5.41, 5.74) is 3.22. The van der Waals surface area contributed by atoms with Crippen LogP contribution in [0, 0.1) is 0 Å². The van der Waals surface area contributed by atoms with E-state index in [1.807, 2.05) is 60.7 Å². The van der Waals surface area contributed by atoms with Crippen molar-refractivity contribution in [2.75, 3.05) is 0 Å². The van der Waals surface area contributed by atoms with E-state index in [0.29, 0.717) is 5.75 Å². The lowest BCUT2D eigenvalue weighted by atomic mass is 9.96. The number of benzene rings is 3. The van der Waals surface area contributed by atoms with Gasteiger partial charge in [0.1, 0.15) is 12.4 Å². The summed E-state index contributed by atoms with van der Waals surface area (Å²) in [4.78, 5) is 12.7.